The van der Waals surface area contributed by atoms with E-state index in [9.17, 15) is 10.2 Å². The van der Waals surface area contributed by atoms with E-state index in [1.165, 1.54) is 14.2 Å². The van der Waals surface area contributed by atoms with Crippen molar-refractivity contribution < 1.29 is 24.4 Å². The van der Waals surface area contributed by atoms with E-state index in [1.54, 1.807) is 18.2 Å². The summed E-state index contributed by atoms with van der Waals surface area (Å²) >= 11 is 0. The second-order valence-electron chi connectivity index (χ2n) is 5.18. The molecule has 3 rings (SSSR count). The van der Waals surface area contributed by atoms with Crippen LogP contribution in [0.1, 0.15) is 23.7 Å². The zero-order chi connectivity index (χ0) is 15.7. The highest BCUT2D eigenvalue weighted by Crippen LogP contribution is 2.45. The number of hydrogen-bond donors (Lipinski definition) is 2. The van der Waals surface area contributed by atoms with Gasteiger partial charge in [0.2, 0.25) is 5.75 Å². The van der Waals surface area contributed by atoms with Crippen LogP contribution in [0.4, 0.5) is 0 Å². The predicted molar refractivity (Wildman–Crippen MR) is 81.0 cm³/mol. The quantitative estimate of drug-likeness (QED) is 0.911. The average Bonchev–Trinajstić information content (AvgIpc) is 2.53. The van der Waals surface area contributed by atoms with Crippen molar-refractivity contribution in [2.75, 3.05) is 14.2 Å². The zero-order valence-corrected chi connectivity index (χ0v) is 12.5. The molecule has 0 spiro atoms. The first kappa shape index (κ1) is 14.4. The molecular formula is C17H18O5. The summed E-state index contributed by atoms with van der Waals surface area (Å²) in [7, 11) is 2.99. The molecule has 2 aromatic rings. The maximum atomic E-state index is 10.2. The molecule has 0 aliphatic carbocycles. The lowest BCUT2D eigenvalue weighted by molar-refractivity contribution is 0.170. The molecular weight excluding hydrogens is 284 g/mol. The molecule has 0 radical (unpaired) electrons. The molecule has 5 nitrogen and oxygen atoms in total. The highest BCUT2D eigenvalue weighted by Gasteiger charge is 2.26. The maximum absolute atomic E-state index is 10.2. The van der Waals surface area contributed by atoms with Gasteiger partial charge in [0.15, 0.2) is 11.5 Å². The highest BCUT2D eigenvalue weighted by atomic mass is 16.5. The van der Waals surface area contributed by atoms with Crippen molar-refractivity contribution in [2.45, 2.75) is 18.9 Å². The normalized spacial score (nSPS) is 16.5. The lowest BCUT2D eigenvalue weighted by Gasteiger charge is -2.28. The van der Waals surface area contributed by atoms with Crippen LogP contribution < -0.4 is 14.2 Å². The molecule has 1 atom stereocenters. The summed E-state index contributed by atoms with van der Waals surface area (Å²) in [6.45, 7) is 0. The van der Waals surface area contributed by atoms with Crippen molar-refractivity contribution in [3.8, 4) is 28.7 Å². The standard InChI is InChI=1S/C17H18O5/c1-20-14-8-6-12(17(21-2)16(14)19)13-7-4-10-3-5-11(18)9-15(10)22-13/h3,5-6,8-9,13,18-19H,4,7H2,1-2H3. The Morgan fingerprint density at radius 2 is 1.91 bits per heavy atom. The first-order valence-corrected chi connectivity index (χ1v) is 7.06. The van der Waals surface area contributed by atoms with Crippen molar-refractivity contribution in [1.29, 1.82) is 0 Å². The van der Waals surface area contributed by atoms with Gasteiger partial charge in [-0.2, -0.15) is 0 Å². The number of aryl methyl sites for hydroxylation is 1. The van der Waals surface area contributed by atoms with Crippen LogP contribution >= 0.6 is 0 Å². The number of aromatic hydroxyl groups is 2. The van der Waals surface area contributed by atoms with Gasteiger partial charge in [0.1, 0.15) is 17.6 Å². The monoisotopic (exact) mass is 302 g/mol. The Labute approximate surface area is 128 Å². The third-order valence-electron chi connectivity index (χ3n) is 3.89. The molecule has 0 saturated heterocycles. The number of benzene rings is 2. The van der Waals surface area contributed by atoms with Gasteiger partial charge in [-0.1, -0.05) is 6.07 Å². The molecule has 1 aliphatic heterocycles. The number of phenolic OH excluding ortho intramolecular Hbond substituents is 2. The molecule has 1 aliphatic rings. The first-order valence-electron chi connectivity index (χ1n) is 7.06. The molecule has 2 N–H and O–H groups in total. The number of fused-ring (bicyclic) bond motifs is 1. The highest BCUT2D eigenvalue weighted by molar-refractivity contribution is 5.56. The lowest BCUT2D eigenvalue weighted by Crippen LogP contribution is -2.16. The fraction of sp³-hybridized carbons (Fsp3) is 0.294. The maximum Gasteiger partial charge on any atom is 0.201 e. The molecule has 22 heavy (non-hydrogen) atoms. The third-order valence-corrected chi connectivity index (χ3v) is 3.89. The SMILES string of the molecule is COc1ccc(C2CCc3ccc(O)cc3O2)c(OC)c1O. The summed E-state index contributed by atoms with van der Waals surface area (Å²) in [5, 5.41) is 19.8. The van der Waals surface area contributed by atoms with Gasteiger partial charge in [0, 0.05) is 11.6 Å². The topological polar surface area (TPSA) is 68.2 Å². The number of ether oxygens (including phenoxy) is 3. The molecule has 0 fully saturated rings. The molecule has 5 heteroatoms. The van der Waals surface area contributed by atoms with Gasteiger partial charge in [0.25, 0.3) is 0 Å². The fourth-order valence-electron chi connectivity index (χ4n) is 2.78. The summed E-state index contributed by atoms with van der Waals surface area (Å²) in [4.78, 5) is 0. The Morgan fingerprint density at radius 3 is 2.64 bits per heavy atom. The van der Waals surface area contributed by atoms with Gasteiger partial charge in [-0.15, -0.1) is 0 Å². The van der Waals surface area contributed by atoms with Crippen LogP contribution in [-0.2, 0) is 6.42 Å². The molecule has 1 heterocycles. The Morgan fingerprint density at radius 1 is 1.09 bits per heavy atom. The smallest absolute Gasteiger partial charge is 0.201 e. The van der Waals surface area contributed by atoms with E-state index in [0.29, 0.717) is 17.2 Å². The minimum absolute atomic E-state index is 0.0344. The van der Waals surface area contributed by atoms with Crippen LogP contribution in [0.3, 0.4) is 0 Å². The van der Waals surface area contributed by atoms with E-state index in [1.807, 2.05) is 12.1 Å². The Balaban J connectivity index is 1.97. The Hall–Kier alpha value is -2.56. The average molecular weight is 302 g/mol. The van der Waals surface area contributed by atoms with Crippen LogP contribution in [0.25, 0.3) is 0 Å². The molecule has 1 unspecified atom stereocenters. The van der Waals surface area contributed by atoms with E-state index in [4.69, 9.17) is 14.2 Å². The minimum Gasteiger partial charge on any atom is -0.508 e. The van der Waals surface area contributed by atoms with Crippen molar-refractivity contribution in [1.82, 2.24) is 0 Å². The van der Waals surface area contributed by atoms with E-state index in [-0.39, 0.29) is 17.6 Å². The first-order chi connectivity index (χ1) is 10.6. The van der Waals surface area contributed by atoms with Crippen LogP contribution in [0.5, 0.6) is 28.7 Å². The summed E-state index contributed by atoms with van der Waals surface area (Å²) in [5.41, 5.74) is 1.82. The lowest BCUT2D eigenvalue weighted by atomic mass is 9.96. The molecule has 116 valence electrons. The summed E-state index contributed by atoms with van der Waals surface area (Å²) in [6.07, 6.45) is 1.34. The molecule has 0 aromatic heterocycles. The number of hydrogen-bond acceptors (Lipinski definition) is 5. The van der Waals surface area contributed by atoms with Crippen molar-refractivity contribution in [2.24, 2.45) is 0 Å². The summed E-state index contributed by atoms with van der Waals surface area (Å²) in [5.74, 6) is 1.51. The largest absolute Gasteiger partial charge is 0.508 e. The van der Waals surface area contributed by atoms with Gasteiger partial charge in [-0.3, -0.25) is 0 Å². The van der Waals surface area contributed by atoms with Gasteiger partial charge in [0.05, 0.1) is 14.2 Å². The summed E-state index contributed by atoms with van der Waals surface area (Å²) < 4.78 is 16.4. The molecule has 0 amide bonds. The zero-order valence-electron chi connectivity index (χ0n) is 12.5. The molecule has 0 saturated carbocycles. The fourth-order valence-corrected chi connectivity index (χ4v) is 2.78. The molecule has 0 bridgehead atoms. The number of phenols is 2. The van der Waals surface area contributed by atoms with Crippen LogP contribution in [-0.4, -0.2) is 24.4 Å². The van der Waals surface area contributed by atoms with Gasteiger partial charge >= 0.3 is 0 Å². The number of methoxy groups -OCH3 is 2. The third kappa shape index (κ3) is 2.39. The second kappa shape index (κ2) is 5.67. The Kier molecular flexibility index (Phi) is 3.71. The van der Waals surface area contributed by atoms with Gasteiger partial charge < -0.3 is 24.4 Å². The van der Waals surface area contributed by atoms with Crippen LogP contribution in [0.15, 0.2) is 30.3 Å². The van der Waals surface area contributed by atoms with Crippen molar-refractivity contribution in [3.63, 3.8) is 0 Å². The second-order valence-corrected chi connectivity index (χ2v) is 5.18. The van der Waals surface area contributed by atoms with Crippen molar-refractivity contribution >= 4 is 0 Å². The van der Waals surface area contributed by atoms with Gasteiger partial charge in [-0.05, 0) is 36.6 Å². The van der Waals surface area contributed by atoms with E-state index >= 15 is 0 Å². The summed E-state index contributed by atoms with van der Waals surface area (Å²) in [6, 6.07) is 8.65. The van der Waals surface area contributed by atoms with Gasteiger partial charge in [-0.25, -0.2) is 0 Å². The van der Waals surface area contributed by atoms with Crippen LogP contribution in [0, 0.1) is 0 Å². The van der Waals surface area contributed by atoms with Crippen LogP contribution in [0.2, 0.25) is 0 Å². The number of rotatable bonds is 3. The minimum atomic E-state index is -0.249. The van der Waals surface area contributed by atoms with E-state index < -0.39 is 0 Å². The van der Waals surface area contributed by atoms with E-state index in [2.05, 4.69) is 0 Å². The van der Waals surface area contributed by atoms with Crippen molar-refractivity contribution in [3.05, 3.63) is 41.5 Å². The predicted octanol–water partition coefficient (Wildman–Crippen LogP) is 3.18. The van der Waals surface area contributed by atoms with E-state index in [0.717, 1.165) is 24.0 Å². The Bertz CT molecular complexity index is 696. The molecule has 2 aromatic carbocycles.